The molecule has 0 saturated carbocycles. The number of hydrogen-bond donors (Lipinski definition) is 2. The molecule has 0 atom stereocenters. The zero-order valence-electron chi connectivity index (χ0n) is 9.57. The lowest BCUT2D eigenvalue weighted by Gasteiger charge is -2.06. The molecule has 0 bridgehead atoms. The van der Waals surface area contributed by atoms with Crippen LogP contribution in [0.2, 0.25) is 0 Å². The van der Waals surface area contributed by atoms with E-state index in [4.69, 9.17) is 16.8 Å². The molecule has 2 N–H and O–H groups in total. The highest BCUT2D eigenvalue weighted by molar-refractivity contribution is 8.22. The van der Waals surface area contributed by atoms with Gasteiger partial charge in [-0.2, -0.15) is 8.42 Å². The van der Waals surface area contributed by atoms with Crippen LogP contribution >= 0.6 is 24.0 Å². The molecule has 1 aromatic heterocycles. The number of nitrogens with zero attached hydrogens (tertiary/aromatic N) is 1. The Bertz CT molecular complexity index is 476. The van der Waals surface area contributed by atoms with Crippen LogP contribution in [0.1, 0.15) is 12.0 Å². The van der Waals surface area contributed by atoms with Gasteiger partial charge >= 0.3 is 0 Å². The summed E-state index contributed by atoms with van der Waals surface area (Å²) in [7, 11) is -3.86. The van der Waals surface area contributed by atoms with Gasteiger partial charge < -0.3 is 5.32 Å². The number of aromatic nitrogens is 1. The standard InChI is InChI=1S/C10H14N2O3S3/c13-18(14,15)6-2-5-17-10(16)12-8-9-3-1-4-11-7-9/h1,3-4,7H,2,5-6,8H2,(H,12,16)(H,13,14,15). The van der Waals surface area contributed by atoms with Gasteiger partial charge in [-0.25, -0.2) is 0 Å². The number of thiocarbonyl (C=S) groups is 1. The number of thioether (sulfide) groups is 1. The monoisotopic (exact) mass is 306 g/mol. The number of pyridine rings is 1. The van der Waals surface area contributed by atoms with Crippen molar-refractivity contribution in [1.82, 2.24) is 10.3 Å². The van der Waals surface area contributed by atoms with Crippen molar-refractivity contribution in [3.63, 3.8) is 0 Å². The first kappa shape index (κ1) is 15.4. The molecular formula is C10H14N2O3S3. The second-order valence-electron chi connectivity index (χ2n) is 3.49. The zero-order chi connectivity index (χ0) is 13.4. The summed E-state index contributed by atoms with van der Waals surface area (Å²) in [4.78, 5) is 3.98. The minimum absolute atomic E-state index is 0.231. The SMILES string of the molecule is O=S(=O)(O)CCCSC(=S)NCc1cccnc1. The Labute approximate surface area is 116 Å². The van der Waals surface area contributed by atoms with Crippen LogP contribution in [0.25, 0.3) is 0 Å². The number of nitrogens with one attached hydrogen (secondary N) is 1. The van der Waals surface area contributed by atoms with Gasteiger partial charge in [-0.1, -0.05) is 30.0 Å². The molecule has 1 heterocycles. The second kappa shape index (κ2) is 7.67. The van der Waals surface area contributed by atoms with E-state index in [0.717, 1.165) is 5.56 Å². The third kappa shape index (κ3) is 7.59. The Morgan fingerprint density at radius 3 is 2.94 bits per heavy atom. The first-order valence-corrected chi connectivity index (χ1v) is 8.22. The van der Waals surface area contributed by atoms with E-state index in [2.05, 4.69) is 10.3 Å². The van der Waals surface area contributed by atoms with E-state index in [-0.39, 0.29) is 5.75 Å². The van der Waals surface area contributed by atoms with Crippen molar-refractivity contribution in [2.24, 2.45) is 0 Å². The van der Waals surface area contributed by atoms with E-state index >= 15 is 0 Å². The van der Waals surface area contributed by atoms with E-state index in [1.807, 2.05) is 12.1 Å². The Hall–Kier alpha value is -0.700. The highest BCUT2D eigenvalue weighted by atomic mass is 32.2. The molecule has 0 aliphatic carbocycles. The van der Waals surface area contributed by atoms with Crippen LogP contribution in [0.15, 0.2) is 24.5 Å². The molecule has 0 unspecified atom stereocenters. The Balaban J connectivity index is 2.15. The van der Waals surface area contributed by atoms with E-state index in [1.54, 1.807) is 12.4 Å². The summed E-state index contributed by atoms with van der Waals surface area (Å²) in [6.07, 6.45) is 3.82. The molecule has 0 amide bonds. The van der Waals surface area contributed by atoms with Crippen LogP contribution in [-0.4, -0.2) is 33.8 Å². The van der Waals surface area contributed by atoms with Crippen LogP contribution in [-0.2, 0) is 16.7 Å². The lowest BCUT2D eigenvalue weighted by molar-refractivity contribution is 0.482. The van der Waals surface area contributed by atoms with Crippen LogP contribution in [0.5, 0.6) is 0 Å². The predicted molar refractivity (Wildman–Crippen MR) is 77.2 cm³/mol. The molecular weight excluding hydrogens is 292 g/mol. The lowest BCUT2D eigenvalue weighted by Crippen LogP contribution is -2.18. The largest absolute Gasteiger partial charge is 0.367 e. The molecule has 0 fully saturated rings. The molecule has 0 aromatic carbocycles. The maximum absolute atomic E-state index is 10.5. The summed E-state index contributed by atoms with van der Waals surface area (Å²) in [5, 5.41) is 3.04. The highest BCUT2D eigenvalue weighted by Gasteiger charge is 2.04. The number of rotatable bonds is 6. The Morgan fingerprint density at radius 1 is 1.56 bits per heavy atom. The quantitative estimate of drug-likeness (QED) is 0.468. The van der Waals surface area contributed by atoms with Gasteiger partial charge in [-0.15, -0.1) is 0 Å². The lowest BCUT2D eigenvalue weighted by atomic mass is 10.3. The van der Waals surface area contributed by atoms with Crippen molar-refractivity contribution in [1.29, 1.82) is 0 Å². The van der Waals surface area contributed by atoms with Crippen molar-refractivity contribution < 1.29 is 13.0 Å². The maximum Gasteiger partial charge on any atom is 0.264 e. The third-order valence-electron chi connectivity index (χ3n) is 1.94. The number of hydrogen-bond acceptors (Lipinski definition) is 5. The molecule has 100 valence electrons. The average molecular weight is 306 g/mol. The van der Waals surface area contributed by atoms with Gasteiger partial charge in [0, 0.05) is 24.7 Å². The first-order chi connectivity index (χ1) is 8.47. The molecule has 0 saturated heterocycles. The van der Waals surface area contributed by atoms with Crippen molar-refractivity contribution in [3.8, 4) is 0 Å². The molecule has 0 aliphatic heterocycles. The average Bonchev–Trinajstić information content (AvgIpc) is 2.32. The normalized spacial score (nSPS) is 11.2. The Morgan fingerprint density at radius 2 is 2.33 bits per heavy atom. The molecule has 0 radical (unpaired) electrons. The first-order valence-electron chi connectivity index (χ1n) is 5.22. The predicted octanol–water partition coefficient (Wildman–Crippen LogP) is 1.47. The van der Waals surface area contributed by atoms with Crippen molar-refractivity contribution >= 4 is 38.4 Å². The van der Waals surface area contributed by atoms with Gasteiger partial charge in [0.2, 0.25) is 0 Å². The van der Waals surface area contributed by atoms with Gasteiger partial charge in [-0.05, 0) is 18.1 Å². The van der Waals surface area contributed by atoms with Crippen LogP contribution in [0, 0.1) is 0 Å². The van der Waals surface area contributed by atoms with Gasteiger partial charge in [0.25, 0.3) is 10.1 Å². The van der Waals surface area contributed by atoms with Crippen LogP contribution in [0.4, 0.5) is 0 Å². The topological polar surface area (TPSA) is 79.3 Å². The van der Waals surface area contributed by atoms with E-state index < -0.39 is 10.1 Å². The highest BCUT2D eigenvalue weighted by Crippen LogP contribution is 2.06. The van der Waals surface area contributed by atoms with Crippen molar-refractivity contribution in [3.05, 3.63) is 30.1 Å². The summed E-state index contributed by atoms with van der Waals surface area (Å²) >= 11 is 6.44. The van der Waals surface area contributed by atoms with E-state index in [9.17, 15) is 8.42 Å². The molecule has 0 aliphatic rings. The molecule has 1 rings (SSSR count). The van der Waals surface area contributed by atoms with Gasteiger partial charge in [0.05, 0.1) is 5.75 Å². The van der Waals surface area contributed by atoms with Gasteiger partial charge in [0.15, 0.2) is 0 Å². The zero-order valence-corrected chi connectivity index (χ0v) is 12.0. The van der Waals surface area contributed by atoms with Crippen LogP contribution in [0.3, 0.4) is 0 Å². The molecule has 18 heavy (non-hydrogen) atoms. The van der Waals surface area contributed by atoms with Gasteiger partial charge in [-0.3, -0.25) is 9.54 Å². The van der Waals surface area contributed by atoms with E-state index in [1.165, 1.54) is 11.8 Å². The fraction of sp³-hybridized carbons (Fsp3) is 0.400. The second-order valence-corrected chi connectivity index (χ2v) is 6.83. The minimum Gasteiger partial charge on any atom is -0.367 e. The van der Waals surface area contributed by atoms with Gasteiger partial charge in [0.1, 0.15) is 4.32 Å². The smallest absolute Gasteiger partial charge is 0.264 e. The third-order valence-corrected chi connectivity index (χ3v) is 4.14. The fourth-order valence-electron chi connectivity index (χ4n) is 1.13. The minimum atomic E-state index is -3.86. The molecule has 0 spiro atoms. The summed E-state index contributed by atoms with van der Waals surface area (Å²) in [5.41, 5.74) is 1.03. The summed E-state index contributed by atoms with van der Waals surface area (Å²) in [6.45, 7) is 0.595. The molecule has 5 nitrogen and oxygen atoms in total. The van der Waals surface area contributed by atoms with E-state index in [0.29, 0.717) is 23.0 Å². The van der Waals surface area contributed by atoms with Crippen LogP contribution < -0.4 is 5.32 Å². The molecule has 1 aromatic rings. The Kier molecular flexibility index (Phi) is 6.55. The summed E-state index contributed by atoms with van der Waals surface area (Å²) < 4.78 is 30.1. The van der Waals surface area contributed by atoms with Crippen molar-refractivity contribution in [2.75, 3.05) is 11.5 Å². The summed E-state index contributed by atoms with van der Waals surface area (Å²) in [6, 6.07) is 3.78. The molecule has 8 heteroatoms. The maximum atomic E-state index is 10.5. The fourth-order valence-corrected chi connectivity index (χ4v) is 2.80. The van der Waals surface area contributed by atoms with Crippen molar-refractivity contribution in [2.45, 2.75) is 13.0 Å². The summed E-state index contributed by atoms with van der Waals surface area (Å²) in [5.74, 6) is 0.323.